The van der Waals surface area contributed by atoms with Crippen molar-refractivity contribution >= 4 is 33.7 Å². The number of carbonyl (C=O) groups is 2. The highest BCUT2D eigenvalue weighted by Gasteiger charge is 2.19. The molecule has 2 N–H and O–H groups in total. The molecule has 8 heteroatoms. The van der Waals surface area contributed by atoms with Gasteiger partial charge >= 0.3 is 11.9 Å². The van der Waals surface area contributed by atoms with Gasteiger partial charge in [-0.3, -0.25) is 9.59 Å². The molecule has 4 rings (SSSR count). The van der Waals surface area contributed by atoms with E-state index in [9.17, 15) is 9.59 Å². The zero-order valence-corrected chi connectivity index (χ0v) is 20.7. The Morgan fingerprint density at radius 3 is 1.54 bits per heavy atom. The van der Waals surface area contributed by atoms with Gasteiger partial charge in [0, 0.05) is 47.3 Å². The number of H-pyrrole nitrogens is 2. The van der Waals surface area contributed by atoms with E-state index in [2.05, 4.69) is 19.8 Å². The summed E-state index contributed by atoms with van der Waals surface area (Å²) >= 11 is 0. The first-order chi connectivity index (χ1) is 16.8. The highest BCUT2D eigenvalue weighted by atomic mass is 16.6. The minimum absolute atomic E-state index is 0.439. The summed E-state index contributed by atoms with van der Waals surface area (Å²) in [6, 6.07) is 11.0. The van der Waals surface area contributed by atoms with Gasteiger partial charge in [0.25, 0.3) is 0 Å². The molecule has 2 heterocycles. The van der Waals surface area contributed by atoms with Crippen molar-refractivity contribution in [3.63, 3.8) is 0 Å². The van der Waals surface area contributed by atoms with E-state index in [1.54, 1.807) is 12.1 Å². The molecule has 4 aromatic rings. The normalized spacial score (nSPS) is 11.6. The van der Waals surface area contributed by atoms with Crippen molar-refractivity contribution in [2.75, 3.05) is 41.3 Å². The topological polar surface area (TPSA) is 90.7 Å². The number of aromatic amines is 2. The first kappa shape index (κ1) is 24.5. The molecule has 0 spiro atoms. The second-order valence-electron chi connectivity index (χ2n) is 9.22. The second-order valence-corrected chi connectivity index (χ2v) is 9.22. The third kappa shape index (κ3) is 5.90. The van der Waals surface area contributed by atoms with Crippen LogP contribution >= 0.6 is 0 Å². The molecule has 0 aliphatic rings. The lowest BCUT2D eigenvalue weighted by atomic mass is 10.1. The zero-order valence-electron chi connectivity index (χ0n) is 20.7. The summed E-state index contributed by atoms with van der Waals surface area (Å²) in [6.45, 7) is 1.73. The fraction of sp³-hybridized carbons (Fsp3) is 0.333. The Bertz CT molecular complexity index is 1230. The largest absolute Gasteiger partial charge is 0.425 e. The van der Waals surface area contributed by atoms with Crippen molar-refractivity contribution < 1.29 is 19.1 Å². The number of aromatic nitrogens is 2. The number of nitrogens with zero attached hydrogens (tertiary/aromatic N) is 2. The van der Waals surface area contributed by atoms with E-state index in [1.165, 1.54) is 0 Å². The van der Waals surface area contributed by atoms with E-state index in [1.807, 2.05) is 64.8 Å². The number of carbonyl (C=O) groups excluding carboxylic acids is 2. The van der Waals surface area contributed by atoms with Crippen molar-refractivity contribution in [1.29, 1.82) is 0 Å². The Kier molecular flexibility index (Phi) is 7.53. The molecule has 8 nitrogen and oxygen atoms in total. The molecule has 0 atom stereocenters. The SMILES string of the molecule is CN(C)CCc1c[nH]c2cccc(OC(=O)CC(=O)Oc3cccc4[nH]cc(CCN(C)C)c34)c12. The molecule has 35 heavy (non-hydrogen) atoms. The lowest BCUT2D eigenvalue weighted by molar-refractivity contribution is -0.144. The van der Waals surface area contributed by atoms with Gasteiger partial charge in [-0.1, -0.05) is 12.1 Å². The monoisotopic (exact) mass is 476 g/mol. The third-order valence-electron chi connectivity index (χ3n) is 5.89. The molecule has 0 radical (unpaired) electrons. The molecule has 0 saturated heterocycles. The van der Waals surface area contributed by atoms with E-state index in [0.29, 0.717) is 11.5 Å². The van der Waals surface area contributed by atoms with Crippen LogP contribution in [0.15, 0.2) is 48.8 Å². The lowest BCUT2D eigenvalue weighted by Crippen LogP contribution is -2.18. The van der Waals surface area contributed by atoms with Gasteiger partial charge < -0.3 is 29.2 Å². The van der Waals surface area contributed by atoms with Gasteiger partial charge in [-0.25, -0.2) is 0 Å². The summed E-state index contributed by atoms with van der Waals surface area (Å²) in [5.41, 5.74) is 3.89. The van der Waals surface area contributed by atoms with Crippen LogP contribution in [0.25, 0.3) is 21.8 Å². The summed E-state index contributed by atoms with van der Waals surface area (Å²) in [7, 11) is 8.06. The zero-order chi connectivity index (χ0) is 24.9. The van der Waals surface area contributed by atoms with Crippen LogP contribution < -0.4 is 9.47 Å². The molecule has 0 unspecified atom stereocenters. The number of esters is 2. The Hall–Kier alpha value is -3.62. The van der Waals surface area contributed by atoms with Crippen molar-refractivity contribution in [2.24, 2.45) is 0 Å². The number of hydrogen-bond donors (Lipinski definition) is 2. The predicted octanol–water partition coefficient (Wildman–Crippen LogP) is 3.76. The van der Waals surface area contributed by atoms with Gasteiger partial charge in [-0.2, -0.15) is 0 Å². The van der Waals surface area contributed by atoms with Crippen LogP contribution in [0, 0.1) is 0 Å². The molecule has 2 aromatic heterocycles. The number of benzene rings is 2. The summed E-state index contributed by atoms with van der Waals surface area (Å²) in [5, 5.41) is 1.72. The van der Waals surface area contributed by atoms with Crippen LogP contribution in [0.5, 0.6) is 11.5 Å². The predicted molar refractivity (Wildman–Crippen MR) is 137 cm³/mol. The number of ether oxygens (including phenoxy) is 2. The minimum Gasteiger partial charge on any atom is -0.425 e. The maximum atomic E-state index is 12.7. The average molecular weight is 477 g/mol. The van der Waals surface area contributed by atoms with Crippen LogP contribution in [0.3, 0.4) is 0 Å². The van der Waals surface area contributed by atoms with Crippen molar-refractivity contribution in [1.82, 2.24) is 19.8 Å². The standard InChI is InChI=1S/C27H32N4O4/c1-30(2)13-11-18-16-28-20-7-5-9-22(26(18)20)34-24(32)15-25(33)35-23-10-6-8-21-27(23)19(17-29-21)12-14-31(3)4/h5-10,16-17,28-29H,11-15H2,1-4H3. The van der Waals surface area contributed by atoms with Gasteiger partial charge in [0.05, 0.1) is 0 Å². The minimum atomic E-state index is -0.656. The summed E-state index contributed by atoms with van der Waals surface area (Å²) in [6.07, 6.45) is 5.00. The van der Waals surface area contributed by atoms with Gasteiger partial charge in [-0.05, 0) is 76.4 Å². The third-order valence-corrected chi connectivity index (χ3v) is 5.89. The van der Waals surface area contributed by atoms with Crippen molar-refractivity contribution in [3.8, 4) is 11.5 Å². The van der Waals surface area contributed by atoms with Crippen molar-refractivity contribution in [2.45, 2.75) is 19.3 Å². The number of fused-ring (bicyclic) bond motifs is 2. The molecule has 0 fully saturated rings. The summed E-state index contributed by atoms with van der Waals surface area (Å²) < 4.78 is 11.2. The maximum absolute atomic E-state index is 12.7. The van der Waals surface area contributed by atoms with Crippen LogP contribution in [0.4, 0.5) is 0 Å². The van der Waals surface area contributed by atoms with Gasteiger partial charge in [0.2, 0.25) is 0 Å². The molecular formula is C27H32N4O4. The smallest absolute Gasteiger partial charge is 0.322 e. The molecule has 184 valence electrons. The Morgan fingerprint density at radius 2 is 1.14 bits per heavy atom. The quantitative estimate of drug-likeness (QED) is 0.206. The second kappa shape index (κ2) is 10.8. The highest BCUT2D eigenvalue weighted by Crippen LogP contribution is 2.31. The fourth-order valence-corrected chi connectivity index (χ4v) is 4.13. The highest BCUT2D eigenvalue weighted by molar-refractivity contribution is 5.98. The van der Waals surface area contributed by atoms with Gasteiger partial charge in [0.1, 0.15) is 17.9 Å². The molecule has 0 aliphatic carbocycles. The van der Waals surface area contributed by atoms with Crippen LogP contribution in [-0.4, -0.2) is 73.0 Å². The van der Waals surface area contributed by atoms with Crippen LogP contribution in [-0.2, 0) is 22.4 Å². The summed E-state index contributed by atoms with van der Waals surface area (Å²) in [4.78, 5) is 36.0. The first-order valence-electron chi connectivity index (χ1n) is 11.7. The molecular weight excluding hydrogens is 444 g/mol. The van der Waals surface area contributed by atoms with E-state index >= 15 is 0 Å². The molecule has 0 aliphatic heterocycles. The van der Waals surface area contributed by atoms with E-state index < -0.39 is 18.4 Å². The van der Waals surface area contributed by atoms with E-state index in [4.69, 9.17) is 9.47 Å². The van der Waals surface area contributed by atoms with E-state index in [0.717, 1.165) is 58.9 Å². The molecule has 0 amide bonds. The Labute approximate surface area is 204 Å². The Morgan fingerprint density at radius 1 is 0.714 bits per heavy atom. The average Bonchev–Trinajstić information content (AvgIpc) is 3.41. The molecule has 0 bridgehead atoms. The maximum Gasteiger partial charge on any atom is 0.322 e. The van der Waals surface area contributed by atoms with Gasteiger partial charge in [0.15, 0.2) is 0 Å². The van der Waals surface area contributed by atoms with Crippen LogP contribution in [0.2, 0.25) is 0 Å². The number of rotatable bonds is 10. The van der Waals surface area contributed by atoms with Gasteiger partial charge in [-0.15, -0.1) is 0 Å². The van der Waals surface area contributed by atoms with Crippen LogP contribution in [0.1, 0.15) is 17.5 Å². The van der Waals surface area contributed by atoms with Crippen molar-refractivity contribution in [3.05, 3.63) is 59.9 Å². The molecule has 0 saturated carbocycles. The number of likely N-dealkylation sites (N-methyl/N-ethyl adjacent to an activating group) is 2. The fourth-order valence-electron chi connectivity index (χ4n) is 4.13. The first-order valence-corrected chi connectivity index (χ1v) is 11.7. The summed E-state index contributed by atoms with van der Waals surface area (Å²) in [5.74, 6) is -0.435. The number of nitrogens with one attached hydrogen (secondary N) is 2. The Balaban J connectivity index is 1.46. The van der Waals surface area contributed by atoms with E-state index in [-0.39, 0.29) is 0 Å². The lowest BCUT2D eigenvalue weighted by Gasteiger charge is -2.11. The number of hydrogen-bond acceptors (Lipinski definition) is 6. The molecule has 2 aromatic carbocycles.